The van der Waals surface area contributed by atoms with Crippen LogP contribution in [-0.4, -0.2) is 63.7 Å². The van der Waals surface area contributed by atoms with Gasteiger partial charge in [-0.05, 0) is 49.9 Å². The van der Waals surface area contributed by atoms with Gasteiger partial charge in [-0.2, -0.15) is 0 Å². The Labute approximate surface area is 173 Å². The molecule has 0 saturated carbocycles. The lowest BCUT2D eigenvalue weighted by Crippen LogP contribution is -2.55. The number of unbranched alkanes of at least 4 members (excludes halogenated alkanes) is 1. The molecular weight excluding hydrogens is 396 g/mol. The van der Waals surface area contributed by atoms with Gasteiger partial charge in [-0.15, -0.1) is 0 Å². The normalized spacial score (nSPS) is 13.7. The first kappa shape index (κ1) is 24.9. The second kappa shape index (κ2) is 12.4. The predicted octanol–water partition coefficient (Wildman–Crippen LogP) is -1.08. The molecule has 9 N–H and O–H groups in total. The number of hydrogen-bond donors (Lipinski definition) is 7. The number of phenolic OH excluding ortho intramolecular Hbond substituents is 1. The lowest BCUT2D eigenvalue weighted by molar-refractivity contribution is -0.143. The zero-order valence-corrected chi connectivity index (χ0v) is 16.4. The molecule has 0 bridgehead atoms. The van der Waals surface area contributed by atoms with Gasteiger partial charge in [0.2, 0.25) is 11.8 Å². The average molecular weight is 424 g/mol. The second-order valence-corrected chi connectivity index (χ2v) is 6.82. The fourth-order valence-corrected chi connectivity index (χ4v) is 2.66. The SMILES string of the molecule is NCCCCC(NC(=O)C(CC(=O)O)NC(=O)C(N)Cc1ccc(O)cc1)C(=O)O. The smallest absolute Gasteiger partial charge is 0.326 e. The third-order valence-corrected chi connectivity index (χ3v) is 4.30. The molecular formula is C19H28N4O7. The van der Waals surface area contributed by atoms with E-state index >= 15 is 0 Å². The molecule has 11 nitrogen and oxygen atoms in total. The van der Waals surface area contributed by atoms with Gasteiger partial charge >= 0.3 is 11.9 Å². The maximum Gasteiger partial charge on any atom is 0.326 e. The van der Waals surface area contributed by atoms with Crippen LogP contribution in [0.15, 0.2) is 24.3 Å². The van der Waals surface area contributed by atoms with Crippen molar-refractivity contribution in [3.63, 3.8) is 0 Å². The Hall–Kier alpha value is -3.18. The summed E-state index contributed by atoms with van der Waals surface area (Å²) in [6.45, 7) is 0.372. The van der Waals surface area contributed by atoms with E-state index in [1.165, 1.54) is 12.1 Å². The number of aliphatic carboxylic acids is 2. The van der Waals surface area contributed by atoms with Crippen LogP contribution in [0.1, 0.15) is 31.2 Å². The summed E-state index contributed by atoms with van der Waals surface area (Å²) in [6.07, 6.45) is 0.498. The molecule has 0 saturated heterocycles. The molecule has 1 rings (SSSR count). The molecule has 3 unspecified atom stereocenters. The number of aromatic hydroxyl groups is 1. The lowest BCUT2D eigenvalue weighted by atomic mass is 10.0. The Balaban J connectivity index is 2.77. The first-order chi connectivity index (χ1) is 14.1. The van der Waals surface area contributed by atoms with Crippen LogP contribution < -0.4 is 22.1 Å². The molecule has 166 valence electrons. The standard InChI is InChI=1S/C19H28N4O7/c20-8-2-1-3-14(19(29)30)22-18(28)15(10-16(25)26)23-17(27)13(21)9-11-4-6-12(24)7-5-11/h4-7,13-15,24H,1-3,8-10,20-21H2,(H,22,28)(H,23,27)(H,25,26)(H,29,30). The summed E-state index contributed by atoms with van der Waals surface area (Å²) in [6, 6.07) is 2.19. The van der Waals surface area contributed by atoms with Crippen molar-refractivity contribution in [2.24, 2.45) is 11.5 Å². The average Bonchev–Trinajstić information content (AvgIpc) is 2.67. The van der Waals surface area contributed by atoms with E-state index in [1.54, 1.807) is 12.1 Å². The lowest BCUT2D eigenvalue weighted by Gasteiger charge is -2.22. The van der Waals surface area contributed by atoms with Gasteiger partial charge in [0.05, 0.1) is 12.5 Å². The maximum absolute atomic E-state index is 12.4. The number of amides is 2. The summed E-state index contributed by atoms with van der Waals surface area (Å²) in [5.41, 5.74) is 11.9. The zero-order valence-electron chi connectivity index (χ0n) is 16.4. The first-order valence-electron chi connectivity index (χ1n) is 9.43. The largest absolute Gasteiger partial charge is 0.508 e. The molecule has 0 spiro atoms. The Morgan fingerprint density at radius 3 is 2.07 bits per heavy atom. The van der Waals surface area contributed by atoms with Crippen LogP contribution in [0.2, 0.25) is 0 Å². The summed E-state index contributed by atoms with van der Waals surface area (Å²) in [5.74, 6) is -4.26. The molecule has 0 aliphatic carbocycles. The Bertz CT molecular complexity index is 739. The van der Waals surface area contributed by atoms with Crippen molar-refractivity contribution in [1.29, 1.82) is 0 Å². The Morgan fingerprint density at radius 1 is 0.933 bits per heavy atom. The number of phenols is 1. The predicted molar refractivity (Wildman–Crippen MR) is 106 cm³/mol. The van der Waals surface area contributed by atoms with Crippen molar-refractivity contribution in [2.45, 2.75) is 50.2 Å². The number of nitrogens with one attached hydrogen (secondary N) is 2. The van der Waals surface area contributed by atoms with Crippen molar-refractivity contribution >= 4 is 23.8 Å². The van der Waals surface area contributed by atoms with Gasteiger partial charge < -0.3 is 37.4 Å². The molecule has 30 heavy (non-hydrogen) atoms. The Kier molecular flexibility index (Phi) is 10.3. The number of rotatable bonds is 13. The van der Waals surface area contributed by atoms with Crippen molar-refractivity contribution in [2.75, 3.05) is 6.54 Å². The van der Waals surface area contributed by atoms with Crippen molar-refractivity contribution in [3.05, 3.63) is 29.8 Å². The van der Waals surface area contributed by atoms with E-state index in [-0.39, 0.29) is 18.6 Å². The van der Waals surface area contributed by atoms with Gasteiger partial charge in [0.15, 0.2) is 0 Å². The number of nitrogens with two attached hydrogens (primary N) is 2. The molecule has 0 heterocycles. The van der Waals surface area contributed by atoms with Crippen LogP contribution in [-0.2, 0) is 25.6 Å². The number of carbonyl (C=O) groups is 4. The molecule has 0 aromatic heterocycles. The number of hydrogen-bond acceptors (Lipinski definition) is 7. The molecule has 11 heteroatoms. The highest BCUT2D eigenvalue weighted by atomic mass is 16.4. The molecule has 1 aromatic carbocycles. The highest BCUT2D eigenvalue weighted by molar-refractivity contribution is 5.94. The van der Waals surface area contributed by atoms with E-state index in [9.17, 15) is 29.4 Å². The van der Waals surface area contributed by atoms with Crippen LogP contribution in [0.25, 0.3) is 0 Å². The van der Waals surface area contributed by atoms with Crippen LogP contribution in [0.4, 0.5) is 0 Å². The van der Waals surface area contributed by atoms with E-state index in [4.69, 9.17) is 16.6 Å². The van der Waals surface area contributed by atoms with Gasteiger partial charge in [0, 0.05) is 0 Å². The highest BCUT2D eigenvalue weighted by Gasteiger charge is 2.29. The summed E-state index contributed by atoms with van der Waals surface area (Å²) in [7, 11) is 0. The summed E-state index contributed by atoms with van der Waals surface area (Å²) < 4.78 is 0. The zero-order chi connectivity index (χ0) is 22.7. The van der Waals surface area contributed by atoms with E-state index < -0.39 is 48.3 Å². The minimum Gasteiger partial charge on any atom is -0.508 e. The van der Waals surface area contributed by atoms with Crippen molar-refractivity contribution in [1.82, 2.24) is 10.6 Å². The van der Waals surface area contributed by atoms with Gasteiger partial charge in [-0.3, -0.25) is 14.4 Å². The highest BCUT2D eigenvalue weighted by Crippen LogP contribution is 2.11. The van der Waals surface area contributed by atoms with Gasteiger partial charge in [-0.25, -0.2) is 4.79 Å². The van der Waals surface area contributed by atoms with Crippen LogP contribution >= 0.6 is 0 Å². The van der Waals surface area contributed by atoms with Crippen molar-refractivity contribution in [3.8, 4) is 5.75 Å². The summed E-state index contributed by atoms with van der Waals surface area (Å²) in [4.78, 5) is 47.2. The van der Waals surface area contributed by atoms with Crippen molar-refractivity contribution < 1.29 is 34.5 Å². The molecule has 2 amide bonds. The number of carboxylic acid groups (broad SMARTS) is 2. The number of carbonyl (C=O) groups excluding carboxylic acids is 2. The van der Waals surface area contributed by atoms with E-state index in [2.05, 4.69) is 10.6 Å². The molecule has 3 atom stereocenters. The van der Waals surface area contributed by atoms with Gasteiger partial charge in [0.1, 0.15) is 17.8 Å². The third kappa shape index (κ3) is 8.88. The molecule has 0 aliphatic rings. The van der Waals surface area contributed by atoms with E-state index in [1.807, 2.05) is 0 Å². The maximum atomic E-state index is 12.4. The quantitative estimate of drug-likeness (QED) is 0.192. The first-order valence-corrected chi connectivity index (χ1v) is 9.43. The minimum absolute atomic E-state index is 0.0504. The fourth-order valence-electron chi connectivity index (χ4n) is 2.66. The molecule has 0 aliphatic heterocycles. The molecule has 1 aromatic rings. The fraction of sp³-hybridized carbons (Fsp3) is 0.474. The van der Waals surface area contributed by atoms with Crippen LogP contribution in [0.5, 0.6) is 5.75 Å². The minimum atomic E-state index is -1.49. The monoisotopic (exact) mass is 424 g/mol. The Morgan fingerprint density at radius 2 is 1.53 bits per heavy atom. The number of benzene rings is 1. The van der Waals surface area contributed by atoms with Gasteiger partial charge in [-0.1, -0.05) is 12.1 Å². The van der Waals surface area contributed by atoms with Crippen LogP contribution in [0.3, 0.4) is 0 Å². The topological polar surface area (TPSA) is 205 Å². The third-order valence-electron chi connectivity index (χ3n) is 4.30. The second-order valence-electron chi connectivity index (χ2n) is 6.82. The number of carboxylic acids is 2. The van der Waals surface area contributed by atoms with Crippen LogP contribution in [0, 0.1) is 0 Å². The summed E-state index contributed by atoms with van der Waals surface area (Å²) >= 11 is 0. The van der Waals surface area contributed by atoms with E-state index in [0.717, 1.165) is 0 Å². The molecule has 0 fully saturated rings. The molecule has 0 radical (unpaired) electrons. The van der Waals surface area contributed by atoms with E-state index in [0.29, 0.717) is 24.9 Å². The summed E-state index contributed by atoms with van der Waals surface area (Å²) in [5, 5.41) is 32.1. The van der Waals surface area contributed by atoms with Gasteiger partial charge in [0.25, 0.3) is 0 Å².